The summed E-state index contributed by atoms with van der Waals surface area (Å²) in [5, 5.41) is 3.62. The van der Waals surface area contributed by atoms with Gasteiger partial charge in [0, 0.05) is 6.04 Å². The van der Waals surface area contributed by atoms with Crippen molar-refractivity contribution >= 4 is 0 Å². The van der Waals surface area contributed by atoms with Gasteiger partial charge in [-0.05, 0) is 74.8 Å². The molecule has 0 aromatic heterocycles. The van der Waals surface area contributed by atoms with Gasteiger partial charge in [-0.25, -0.2) is 0 Å². The van der Waals surface area contributed by atoms with Crippen molar-refractivity contribution < 1.29 is 0 Å². The molecule has 2 unspecified atom stereocenters. The predicted octanol–water partition coefficient (Wildman–Crippen LogP) is 3.66. The highest BCUT2D eigenvalue weighted by atomic mass is 14.9. The number of nitrogens with one attached hydrogen (secondary N) is 1. The van der Waals surface area contributed by atoms with Gasteiger partial charge in [-0.1, -0.05) is 29.8 Å². The zero-order valence-electron chi connectivity index (χ0n) is 12.2. The van der Waals surface area contributed by atoms with Crippen molar-refractivity contribution in [1.29, 1.82) is 0 Å². The normalized spacial score (nSPS) is 43.7. The third-order valence-electron chi connectivity index (χ3n) is 6.27. The summed E-state index contributed by atoms with van der Waals surface area (Å²) >= 11 is 0. The van der Waals surface area contributed by atoms with E-state index in [0.29, 0.717) is 5.41 Å². The predicted molar refractivity (Wildman–Crippen MR) is 79.3 cm³/mol. The van der Waals surface area contributed by atoms with Crippen LogP contribution in [0.25, 0.3) is 0 Å². The number of aryl methyl sites for hydroxylation is 1. The van der Waals surface area contributed by atoms with E-state index in [1.807, 2.05) is 0 Å². The van der Waals surface area contributed by atoms with Crippen LogP contribution in [-0.4, -0.2) is 13.1 Å². The van der Waals surface area contributed by atoms with E-state index >= 15 is 0 Å². The molecular weight excluding hydrogens is 230 g/mol. The SMILES string of the molecule is CNC1C2CC3CC1CC(c1ccc(C)cc1)(C3)C2. The Morgan fingerprint density at radius 1 is 1.00 bits per heavy atom. The van der Waals surface area contributed by atoms with E-state index in [0.717, 1.165) is 23.8 Å². The zero-order valence-corrected chi connectivity index (χ0v) is 12.2. The molecule has 19 heavy (non-hydrogen) atoms. The molecule has 0 heterocycles. The molecule has 0 aliphatic heterocycles. The first-order chi connectivity index (χ1) is 9.20. The largest absolute Gasteiger partial charge is 0.316 e. The second kappa shape index (κ2) is 4.09. The molecule has 0 amide bonds. The lowest BCUT2D eigenvalue weighted by Gasteiger charge is -2.60. The molecule has 2 atom stereocenters. The molecule has 4 saturated carbocycles. The van der Waals surface area contributed by atoms with Crippen LogP contribution in [-0.2, 0) is 5.41 Å². The summed E-state index contributed by atoms with van der Waals surface area (Å²) in [6, 6.07) is 10.2. The maximum absolute atomic E-state index is 3.62. The number of hydrogen-bond donors (Lipinski definition) is 1. The quantitative estimate of drug-likeness (QED) is 0.850. The van der Waals surface area contributed by atoms with Crippen LogP contribution in [0.3, 0.4) is 0 Å². The van der Waals surface area contributed by atoms with E-state index in [9.17, 15) is 0 Å². The molecule has 1 aromatic carbocycles. The average Bonchev–Trinajstić information content (AvgIpc) is 2.38. The summed E-state index contributed by atoms with van der Waals surface area (Å²) in [5.41, 5.74) is 3.55. The highest BCUT2D eigenvalue weighted by Crippen LogP contribution is 2.60. The third-order valence-corrected chi connectivity index (χ3v) is 6.27. The first-order valence-corrected chi connectivity index (χ1v) is 7.95. The van der Waals surface area contributed by atoms with Gasteiger partial charge in [0.05, 0.1) is 0 Å². The van der Waals surface area contributed by atoms with Crippen LogP contribution in [0.4, 0.5) is 0 Å². The first-order valence-electron chi connectivity index (χ1n) is 7.95. The fraction of sp³-hybridized carbons (Fsp3) is 0.667. The van der Waals surface area contributed by atoms with E-state index in [1.54, 1.807) is 5.56 Å². The minimum atomic E-state index is 0.525. The Morgan fingerprint density at radius 3 is 2.21 bits per heavy atom. The Kier molecular flexibility index (Phi) is 2.57. The minimum Gasteiger partial charge on any atom is -0.316 e. The molecule has 0 saturated heterocycles. The Bertz CT molecular complexity index is 459. The first kappa shape index (κ1) is 12.0. The molecule has 1 nitrogen and oxygen atoms in total. The Labute approximate surface area is 116 Å². The molecule has 0 radical (unpaired) electrons. The summed E-state index contributed by atoms with van der Waals surface area (Å²) in [6.07, 6.45) is 7.27. The molecule has 4 bridgehead atoms. The van der Waals surface area contributed by atoms with E-state index in [2.05, 4.69) is 43.6 Å². The number of benzene rings is 1. The van der Waals surface area contributed by atoms with E-state index < -0.39 is 0 Å². The van der Waals surface area contributed by atoms with Crippen LogP contribution in [0, 0.1) is 24.7 Å². The van der Waals surface area contributed by atoms with Crippen LogP contribution in [0.15, 0.2) is 24.3 Å². The maximum atomic E-state index is 3.62. The van der Waals surface area contributed by atoms with Crippen LogP contribution >= 0.6 is 0 Å². The zero-order chi connectivity index (χ0) is 13.0. The summed E-state index contributed by atoms with van der Waals surface area (Å²) in [6.45, 7) is 2.19. The van der Waals surface area contributed by atoms with Crippen LogP contribution in [0.2, 0.25) is 0 Å². The summed E-state index contributed by atoms with van der Waals surface area (Å²) in [7, 11) is 2.17. The molecule has 4 aliphatic rings. The highest BCUT2D eigenvalue weighted by Gasteiger charge is 2.55. The monoisotopic (exact) mass is 255 g/mol. The molecular formula is C18H25N. The fourth-order valence-electron chi connectivity index (χ4n) is 5.76. The minimum absolute atomic E-state index is 0.525. The lowest BCUT2D eigenvalue weighted by molar-refractivity contribution is -0.0326. The van der Waals surface area contributed by atoms with Gasteiger partial charge in [0.1, 0.15) is 0 Å². The van der Waals surface area contributed by atoms with E-state index in [1.165, 1.54) is 37.7 Å². The standard InChI is InChI=1S/C18H25N/c1-12-3-5-16(6-4-12)18-9-13-7-14(10-18)17(19-2)15(8-13)11-18/h3-6,13-15,17,19H,7-11H2,1-2H3. The molecule has 102 valence electrons. The van der Waals surface area contributed by atoms with Gasteiger partial charge < -0.3 is 5.32 Å². The average molecular weight is 255 g/mol. The van der Waals surface area contributed by atoms with Crippen molar-refractivity contribution in [1.82, 2.24) is 5.32 Å². The van der Waals surface area contributed by atoms with Gasteiger partial charge in [-0.3, -0.25) is 0 Å². The van der Waals surface area contributed by atoms with Crippen LogP contribution < -0.4 is 5.32 Å². The molecule has 5 rings (SSSR count). The summed E-state index contributed by atoms with van der Waals surface area (Å²) < 4.78 is 0. The van der Waals surface area contributed by atoms with Crippen LogP contribution in [0.5, 0.6) is 0 Å². The highest BCUT2D eigenvalue weighted by molar-refractivity contribution is 5.32. The Hall–Kier alpha value is -0.820. The van der Waals surface area contributed by atoms with Gasteiger partial charge in [0.25, 0.3) is 0 Å². The van der Waals surface area contributed by atoms with Crippen molar-refractivity contribution in [3.63, 3.8) is 0 Å². The van der Waals surface area contributed by atoms with Gasteiger partial charge in [0.15, 0.2) is 0 Å². The van der Waals surface area contributed by atoms with Crippen molar-refractivity contribution in [2.45, 2.75) is 50.5 Å². The lowest BCUT2D eigenvalue weighted by Crippen LogP contribution is -2.59. The molecule has 4 aliphatic carbocycles. The summed E-state index contributed by atoms with van der Waals surface area (Å²) in [4.78, 5) is 0. The van der Waals surface area contributed by atoms with E-state index in [4.69, 9.17) is 0 Å². The second-order valence-corrected chi connectivity index (χ2v) is 7.43. The van der Waals surface area contributed by atoms with Crippen molar-refractivity contribution in [2.24, 2.45) is 17.8 Å². The second-order valence-electron chi connectivity index (χ2n) is 7.43. The third kappa shape index (κ3) is 1.71. The van der Waals surface area contributed by atoms with E-state index in [-0.39, 0.29) is 0 Å². The number of rotatable bonds is 2. The summed E-state index contributed by atoms with van der Waals surface area (Å²) in [5.74, 6) is 2.86. The van der Waals surface area contributed by atoms with Crippen molar-refractivity contribution in [2.75, 3.05) is 7.05 Å². The molecule has 1 N–H and O–H groups in total. The van der Waals surface area contributed by atoms with Crippen molar-refractivity contribution in [3.8, 4) is 0 Å². The topological polar surface area (TPSA) is 12.0 Å². The van der Waals surface area contributed by atoms with Gasteiger partial charge in [0.2, 0.25) is 0 Å². The van der Waals surface area contributed by atoms with Gasteiger partial charge in [-0.15, -0.1) is 0 Å². The Balaban J connectivity index is 1.71. The van der Waals surface area contributed by atoms with Gasteiger partial charge in [-0.2, -0.15) is 0 Å². The maximum Gasteiger partial charge on any atom is 0.0121 e. The fourth-order valence-corrected chi connectivity index (χ4v) is 5.76. The number of hydrogen-bond acceptors (Lipinski definition) is 1. The van der Waals surface area contributed by atoms with Crippen LogP contribution in [0.1, 0.15) is 43.2 Å². The smallest absolute Gasteiger partial charge is 0.0121 e. The van der Waals surface area contributed by atoms with Gasteiger partial charge >= 0.3 is 0 Å². The molecule has 1 aromatic rings. The Morgan fingerprint density at radius 2 is 1.63 bits per heavy atom. The molecule has 0 spiro atoms. The van der Waals surface area contributed by atoms with Crippen molar-refractivity contribution in [3.05, 3.63) is 35.4 Å². The molecule has 1 heteroatoms. The molecule has 4 fully saturated rings. The lowest BCUT2D eigenvalue weighted by atomic mass is 9.46.